The molecule has 1 unspecified atom stereocenters. The van der Waals surface area contributed by atoms with Gasteiger partial charge in [-0.3, -0.25) is 30.1 Å². The van der Waals surface area contributed by atoms with E-state index in [1.54, 1.807) is 12.1 Å². The van der Waals surface area contributed by atoms with Gasteiger partial charge < -0.3 is 41.1 Å². The van der Waals surface area contributed by atoms with Gasteiger partial charge in [0.15, 0.2) is 17.6 Å². The summed E-state index contributed by atoms with van der Waals surface area (Å²) in [6, 6.07) is 2.17. The van der Waals surface area contributed by atoms with Gasteiger partial charge in [0.25, 0.3) is 5.91 Å². The lowest BCUT2D eigenvalue weighted by Gasteiger charge is -2.51. The zero-order chi connectivity index (χ0) is 25.4. The van der Waals surface area contributed by atoms with Gasteiger partial charge in [-0.2, -0.15) is 0 Å². The summed E-state index contributed by atoms with van der Waals surface area (Å²) in [5, 5.41) is 51.0. The van der Waals surface area contributed by atoms with Crippen LogP contribution in [0.15, 0.2) is 18.2 Å². The van der Waals surface area contributed by atoms with E-state index in [1.165, 1.54) is 4.90 Å². The van der Waals surface area contributed by atoms with E-state index in [0.717, 1.165) is 10.5 Å². The van der Waals surface area contributed by atoms with Crippen LogP contribution in [0.3, 0.4) is 0 Å². The van der Waals surface area contributed by atoms with Crippen molar-refractivity contribution in [1.82, 2.24) is 31.1 Å². The van der Waals surface area contributed by atoms with Crippen LogP contribution in [0, 0.1) is 10.8 Å². The molecule has 0 saturated carbocycles. The second kappa shape index (κ2) is 7.54. The highest BCUT2D eigenvalue weighted by molar-refractivity contribution is 6.02. The number of imide groups is 1. The molecule has 3 amide bonds. The van der Waals surface area contributed by atoms with Crippen molar-refractivity contribution >= 4 is 29.6 Å². The second-order valence-corrected chi connectivity index (χ2v) is 9.64. The summed E-state index contributed by atoms with van der Waals surface area (Å²) in [5.74, 6) is -3.89. The number of para-hydroxylation sites is 1. The maximum Gasteiger partial charge on any atom is 0.255 e. The van der Waals surface area contributed by atoms with Crippen molar-refractivity contribution in [3.63, 3.8) is 0 Å². The summed E-state index contributed by atoms with van der Waals surface area (Å²) in [5.41, 5.74) is -0.669. The molecule has 190 valence electrons. The fourth-order valence-corrected chi connectivity index (χ4v) is 5.99. The third kappa shape index (κ3) is 2.94. The molecule has 36 heavy (non-hydrogen) atoms. The van der Waals surface area contributed by atoms with Gasteiger partial charge in [-0.05, 0) is 11.6 Å². The SMILES string of the molecule is N=C1N[C@H]2[C@H](CN3C(=O)CCC3=O)NC(=N)N3CC(NC(=O)c4cccc5c4OCC5)C(O)(O)[C@]23N1. The molecule has 4 atom stereocenters. The molecule has 14 heteroatoms. The Morgan fingerprint density at radius 3 is 2.67 bits per heavy atom. The van der Waals surface area contributed by atoms with Crippen molar-refractivity contribution in [2.24, 2.45) is 0 Å². The molecule has 0 aromatic heterocycles. The fraction of sp³-hybridized carbons (Fsp3) is 0.500. The maximum atomic E-state index is 13.2. The number of fused-ring (bicyclic) bond motifs is 1. The molecule has 4 fully saturated rings. The molecular formula is C22H26N8O6. The Morgan fingerprint density at radius 2 is 1.92 bits per heavy atom. The number of nitrogens with zero attached hydrogens (tertiary/aromatic N) is 2. The Hall–Kier alpha value is -3.91. The first-order valence-electron chi connectivity index (χ1n) is 11.7. The van der Waals surface area contributed by atoms with Gasteiger partial charge in [-0.1, -0.05) is 12.1 Å². The van der Waals surface area contributed by atoms with E-state index < -0.39 is 35.5 Å². The van der Waals surface area contributed by atoms with Crippen LogP contribution in [0.1, 0.15) is 28.8 Å². The highest BCUT2D eigenvalue weighted by Crippen LogP contribution is 2.43. The number of hydrogen-bond acceptors (Lipinski definition) is 8. The quantitative estimate of drug-likeness (QED) is 0.156. The Labute approximate surface area is 205 Å². The minimum atomic E-state index is -2.66. The Kier molecular flexibility index (Phi) is 4.72. The maximum absolute atomic E-state index is 13.2. The van der Waals surface area contributed by atoms with Crippen molar-refractivity contribution in [3.8, 4) is 5.75 Å². The first-order chi connectivity index (χ1) is 17.1. The molecule has 14 nitrogen and oxygen atoms in total. The molecule has 0 bridgehead atoms. The number of benzene rings is 1. The van der Waals surface area contributed by atoms with E-state index in [-0.39, 0.29) is 55.2 Å². The van der Waals surface area contributed by atoms with Crippen molar-refractivity contribution in [2.45, 2.75) is 48.8 Å². The number of nitrogens with one attached hydrogen (secondary N) is 6. The second-order valence-electron chi connectivity index (χ2n) is 9.64. The van der Waals surface area contributed by atoms with Gasteiger partial charge in [0.1, 0.15) is 11.8 Å². The van der Waals surface area contributed by atoms with Crippen LogP contribution in [0.4, 0.5) is 0 Å². The summed E-state index contributed by atoms with van der Waals surface area (Å²) in [4.78, 5) is 40.1. The first kappa shape index (κ1) is 22.5. The number of carbonyl (C=O) groups excluding carboxylic acids is 3. The van der Waals surface area contributed by atoms with Crippen molar-refractivity contribution in [3.05, 3.63) is 29.3 Å². The molecule has 5 aliphatic rings. The molecule has 1 spiro atoms. The Balaban J connectivity index is 1.31. The van der Waals surface area contributed by atoms with Crippen molar-refractivity contribution < 1.29 is 29.3 Å². The number of carbonyl (C=O) groups is 3. The lowest BCUT2D eigenvalue weighted by atomic mass is 9.84. The zero-order valence-corrected chi connectivity index (χ0v) is 19.1. The predicted molar refractivity (Wildman–Crippen MR) is 122 cm³/mol. The summed E-state index contributed by atoms with van der Waals surface area (Å²) < 4.78 is 5.61. The lowest BCUT2D eigenvalue weighted by molar-refractivity contribution is -0.232. The summed E-state index contributed by atoms with van der Waals surface area (Å²) >= 11 is 0. The van der Waals surface area contributed by atoms with Crippen LogP contribution in [-0.2, 0) is 16.0 Å². The molecular weight excluding hydrogens is 472 g/mol. The monoisotopic (exact) mass is 498 g/mol. The molecule has 5 heterocycles. The molecule has 1 aromatic rings. The topological polar surface area (TPSA) is 203 Å². The summed E-state index contributed by atoms with van der Waals surface area (Å²) in [7, 11) is 0. The van der Waals surface area contributed by atoms with Gasteiger partial charge in [-0.25, -0.2) is 0 Å². The van der Waals surface area contributed by atoms with E-state index in [4.69, 9.17) is 15.6 Å². The molecule has 4 saturated heterocycles. The van der Waals surface area contributed by atoms with Crippen LogP contribution in [0.25, 0.3) is 0 Å². The van der Waals surface area contributed by atoms with Crippen molar-refractivity contribution in [2.75, 3.05) is 19.7 Å². The number of rotatable bonds is 4. The number of likely N-dealkylation sites (tertiary alicyclic amines) is 1. The fourth-order valence-electron chi connectivity index (χ4n) is 5.99. The minimum Gasteiger partial charge on any atom is -0.492 e. The van der Waals surface area contributed by atoms with Gasteiger partial charge in [0, 0.05) is 25.8 Å². The lowest BCUT2D eigenvalue weighted by Crippen LogP contribution is -2.81. The number of ether oxygens (including phenoxy) is 1. The number of amides is 3. The standard InChI is InChI=1S/C22H26N8O6/c23-19-27-17-12(8-29-14(31)4-5-15(29)32)25-20(24)30-9-13(22(34,35)21(17,30)28-19)26-18(33)11-3-1-2-10-6-7-36-16(10)11/h1-3,12-13,17,34-35H,4-9H2,(H2,24,25)(H,26,33)(H3,23,27,28)/t12-,13?,17-,21-/m0/s1. The smallest absolute Gasteiger partial charge is 0.255 e. The molecule has 1 aromatic carbocycles. The predicted octanol–water partition coefficient (Wildman–Crippen LogP) is -3.04. The first-order valence-corrected chi connectivity index (χ1v) is 11.7. The van der Waals surface area contributed by atoms with E-state index in [2.05, 4.69) is 21.3 Å². The molecule has 6 rings (SSSR count). The van der Waals surface area contributed by atoms with E-state index in [9.17, 15) is 24.6 Å². The molecule has 0 aliphatic carbocycles. The average molecular weight is 499 g/mol. The van der Waals surface area contributed by atoms with Crippen LogP contribution >= 0.6 is 0 Å². The van der Waals surface area contributed by atoms with E-state index >= 15 is 0 Å². The molecule has 5 aliphatic heterocycles. The summed E-state index contributed by atoms with van der Waals surface area (Å²) in [6.07, 6.45) is 0.862. The van der Waals surface area contributed by atoms with E-state index in [0.29, 0.717) is 18.8 Å². The Morgan fingerprint density at radius 1 is 1.17 bits per heavy atom. The summed E-state index contributed by atoms with van der Waals surface area (Å²) in [6.45, 7) is 0.172. The van der Waals surface area contributed by atoms with Crippen molar-refractivity contribution in [1.29, 1.82) is 10.8 Å². The number of aliphatic hydroxyl groups is 2. The number of guanidine groups is 2. The normalized spacial score (nSPS) is 31.8. The highest BCUT2D eigenvalue weighted by atomic mass is 16.5. The zero-order valence-electron chi connectivity index (χ0n) is 19.1. The van der Waals surface area contributed by atoms with Gasteiger partial charge >= 0.3 is 0 Å². The Bertz CT molecular complexity index is 1200. The molecule has 8 N–H and O–H groups in total. The third-order valence-electron chi connectivity index (χ3n) is 7.70. The van der Waals surface area contributed by atoms with Crippen LogP contribution in [-0.4, -0.2) is 98.9 Å². The third-order valence-corrected chi connectivity index (χ3v) is 7.70. The van der Waals surface area contributed by atoms with Gasteiger partial charge in [0.2, 0.25) is 17.6 Å². The molecule has 0 radical (unpaired) electrons. The van der Waals surface area contributed by atoms with Gasteiger partial charge in [-0.15, -0.1) is 0 Å². The van der Waals surface area contributed by atoms with Crippen LogP contribution < -0.4 is 26.0 Å². The van der Waals surface area contributed by atoms with E-state index in [1.807, 2.05) is 6.07 Å². The highest BCUT2D eigenvalue weighted by Gasteiger charge is 2.74. The average Bonchev–Trinajstić information content (AvgIpc) is 3.57. The van der Waals surface area contributed by atoms with Gasteiger partial charge in [0.05, 0.1) is 30.8 Å². The minimum absolute atomic E-state index is 0.0946. The largest absolute Gasteiger partial charge is 0.492 e. The van der Waals surface area contributed by atoms with Crippen LogP contribution in [0.5, 0.6) is 5.75 Å². The number of hydrogen-bond donors (Lipinski definition) is 8. The van der Waals surface area contributed by atoms with Crippen LogP contribution in [0.2, 0.25) is 0 Å².